The molecule has 1 fully saturated rings. The molecule has 3 rings (SSSR count). The van der Waals surface area contributed by atoms with E-state index in [9.17, 15) is 9.59 Å². The van der Waals surface area contributed by atoms with Crippen LogP contribution in [0.3, 0.4) is 0 Å². The molecule has 1 aliphatic rings. The van der Waals surface area contributed by atoms with Gasteiger partial charge in [-0.25, -0.2) is 9.78 Å². The highest BCUT2D eigenvalue weighted by atomic mass is 16.5. The predicted octanol–water partition coefficient (Wildman–Crippen LogP) is 2.39. The standard InChI is InChI=1S/C20H24N4O3/c1-3-27-20(26)16-6-4-5-7-17(16)22-15-8-9-18(21-14-15)19(25)24-12-10-23(2)11-13-24/h4-9,14,22H,3,10-13H2,1-2H3. The summed E-state index contributed by atoms with van der Waals surface area (Å²) in [5.74, 6) is -0.433. The number of benzene rings is 1. The van der Waals surface area contributed by atoms with Gasteiger partial charge in [0.1, 0.15) is 5.69 Å². The van der Waals surface area contributed by atoms with Crippen molar-refractivity contribution < 1.29 is 14.3 Å². The lowest BCUT2D eigenvalue weighted by Crippen LogP contribution is -2.47. The van der Waals surface area contributed by atoms with Gasteiger partial charge in [0.15, 0.2) is 0 Å². The number of piperazine rings is 1. The summed E-state index contributed by atoms with van der Waals surface area (Å²) in [6, 6.07) is 10.6. The summed E-state index contributed by atoms with van der Waals surface area (Å²) >= 11 is 0. The summed E-state index contributed by atoms with van der Waals surface area (Å²) in [5.41, 5.74) is 2.21. The van der Waals surface area contributed by atoms with E-state index in [-0.39, 0.29) is 11.9 Å². The van der Waals surface area contributed by atoms with Crippen LogP contribution in [0.1, 0.15) is 27.8 Å². The van der Waals surface area contributed by atoms with E-state index in [4.69, 9.17) is 4.74 Å². The number of hydrogen-bond donors (Lipinski definition) is 1. The average Bonchev–Trinajstić information content (AvgIpc) is 2.69. The summed E-state index contributed by atoms with van der Waals surface area (Å²) in [7, 11) is 2.05. The van der Waals surface area contributed by atoms with Gasteiger partial charge in [0, 0.05) is 26.2 Å². The van der Waals surface area contributed by atoms with Crippen LogP contribution in [0.4, 0.5) is 11.4 Å². The SMILES string of the molecule is CCOC(=O)c1ccccc1Nc1ccc(C(=O)N2CCN(C)CC2)nc1. The first-order valence-corrected chi connectivity index (χ1v) is 9.05. The van der Waals surface area contributed by atoms with E-state index in [2.05, 4.69) is 22.2 Å². The quantitative estimate of drug-likeness (QED) is 0.817. The molecule has 1 aromatic carbocycles. The number of rotatable bonds is 5. The molecule has 7 heteroatoms. The van der Waals surface area contributed by atoms with Gasteiger partial charge in [-0.05, 0) is 38.2 Å². The third kappa shape index (κ3) is 4.62. The third-order valence-electron chi connectivity index (χ3n) is 4.47. The monoisotopic (exact) mass is 368 g/mol. The van der Waals surface area contributed by atoms with Crippen LogP contribution in [0.2, 0.25) is 0 Å². The van der Waals surface area contributed by atoms with Crippen LogP contribution in [0.5, 0.6) is 0 Å². The maximum atomic E-state index is 12.6. The fourth-order valence-electron chi connectivity index (χ4n) is 2.90. The number of esters is 1. The van der Waals surface area contributed by atoms with Gasteiger partial charge in [0.2, 0.25) is 0 Å². The maximum Gasteiger partial charge on any atom is 0.340 e. The van der Waals surface area contributed by atoms with E-state index in [0.717, 1.165) is 13.1 Å². The zero-order valence-corrected chi connectivity index (χ0v) is 15.6. The second kappa shape index (κ2) is 8.64. The van der Waals surface area contributed by atoms with Crippen LogP contribution in [0, 0.1) is 0 Å². The second-order valence-electron chi connectivity index (χ2n) is 6.42. The van der Waals surface area contributed by atoms with Crippen molar-refractivity contribution in [3.05, 3.63) is 53.9 Å². The molecular formula is C20H24N4O3. The summed E-state index contributed by atoms with van der Waals surface area (Å²) < 4.78 is 5.08. The predicted molar refractivity (Wildman–Crippen MR) is 103 cm³/mol. The van der Waals surface area contributed by atoms with Crippen LogP contribution in [-0.4, -0.2) is 66.5 Å². The van der Waals surface area contributed by atoms with Gasteiger partial charge in [0.25, 0.3) is 5.91 Å². The van der Waals surface area contributed by atoms with E-state index in [1.54, 1.807) is 43.5 Å². The Morgan fingerprint density at radius 2 is 1.85 bits per heavy atom. The molecular weight excluding hydrogens is 344 g/mol. The lowest BCUT2D eigenvalue weighted by molar-refractivity contribution is 0.0527. The van der Waals surface area contributed by atoms with Gasteiger partial charge < -0.3 is 19.9 Å². The largest absolute Gasteiger partial charge is 0.462 e. The first-order valence-electron chi connectivity index (χ1n) is 9.05. The number of pyridine rings is 1. The molecule has 0 spiro atoms. The Kier molecular flexibility index (Phi) is 6.03. The molecule has 1 aliphatic heterocycles. The van der Waals surface area contributed by atoms with Crippen molar-refractivity contribution in [3.8, 4) is 0 Å². The number of para-hydroxylation sites is 1. The van der Waals surface area contributed by atoms with E-state index in [1.165, 1.54) is 0 Å². The minimum absolute atomic E-state index is 0.0541. The highest BCUT2D eigenvalue weighted by Crippen LogP contribution is 2.21. The van der Waals surface area contributed by atoms with Crippen molar-refractivity contribution in [2.75, 3.05) is 45.2 Å². The van der Waals surface area contributed by atoms with Gasteiger partial charge in [-0.2, -0.15) is 0 Å². The molecule has 142 valence electrons. The Morgan fingerprint density at radius 1 is 1.11 bits per heavy atom. The van der Waals surface area contributed by atoms with Crippen molar-refractivity contribution in [2.24, 2.45) is 0 Å². The van der Waals surface area contributed by atoms with Crippen LogP contribution in [0.25, 0.3) is 0 Å². The molecule has 1 amide bonds. The van der Waals surface area contributed by atoms with E-state index in [0.29, 0.717) is 42.3 Å². The number of hydrogen-bond acceptors (Lipinski definition) is 6. The molecule has 27 heavy (non-hydrogen) atoms. The van der Waals surface area contributed by atoms with Crippen LogP contribution >= 0.6 is 0 Å². The van der Waals surface area contributed by atoms with Crippen molar-refractivity contribution in [2.45, 2.75) is 6.92 Å². The molecule has 2 heterocycles. The zero-order valence-electron chi connectivity index (χ0n) is 15.6. The van der Waals surface area contributed by atoms with Crippen molar-refractivity contribution in [3.63, 3.8) is 0 Å². The van der Waals surface area contributed by atoms with Crippen LogP contribution in [-0.2, 0) is 4.74 Å². The fourth-order valence-corrected chi connectivity index (χ4v) is 2.90. The smallest absolute Gasteiger partial charge is 0.340 e. The molecule has 7 nitrogen and oxygen atoms in total. The highest BCUT2D eigenvalue weighted by molar-refractivity contribution is 5.96. The molecule has 1 aromatic heterocycles. The number of anilines is 2. The number of amides is 1. The number of aromatic nitrogens is 1. The van der Waals surface area contributed by atoms with Crippen molar-refractivity contribution in [1.82, 2.24) is 14.8 Å². The van der Waals surface area contributed by atoms with E-state index in [1.807, 2.05) is 11.0 Å². The Morgan fingerprint density at radius 3 is 2.52 bits per heavy atom. The molecule has 0 radical (unpaired) electrons. The molecule has 0 bridgehead atoms. The lowest BCUT2D eigenvalue weighted by Gasteiger charge is -2.32. The highest BCUT2D eigenvalue weighted by Gasteiger charge is 2.21. The Bertz CT molecular complexity index is 799. The van der Waals surface area contributed by atoms with Gasteiger partial charge in [-0.15, -0.1) is 0 Å². The number of carbonyl (C=O) groups is 2. The first kappa shape index (κ1) is 18.8. The number of ether oxygens (including phenoxy) is 1. The first-order chi connectivity index (χ1) is 13.1. The normalized spacial score (nSPS) is 14.7. The lowest BCUT2D eigenvalue weighted by atomic mass is 10.1. The Balaban J connectivity index is 1.70. The Hall–Kier alpha value is -2.93. The van der Waals surface area contributed by atoms with Gasteiger partial charge in [-0.3, -0.25) is 4.79 Å². The molecule has 0 saturated carbocycles. The van der Waals surface area contributed by atoms with Crippen LogP contribution in [0.15, 0.2) is 42.6 Å². The zero-order chi connectivity index (χ0) is 19.2. The summed E-state index contributed by atoms with van der Waals surface area (Å²) in [6.45, 7) is 5.26. The number of likely N-dealkylation sites (N-methyl/N-ethyl adjacent to an activating group) is 1. The number of carbonyl (C=O) groups excluding carboxylic acids is 2. The summed E-state index contributed by atoms with van der Waals surface area (Å²) in [5, 5.41) is 3.17. The maximum absolute atomic E-state index is 12.6. The summed E-state index contributed by atoms with van der Waals surface area (Å²) in [4.78, 5) is 32.9. The van der Waals surface area contributed by atoms with Gasteiger partial charge in [0.05, 0.1) is 29.7 Å². The van der Waals surface area contributed by atoms with E-state index >= 15 is 0 Å². The van der Waals surface area contributed by atoms with Gasteiger partial charge >= 0.3 is 5.97 Å². The molecule has 0 aliphatic carbocycles. The molecule has 2 aromatic rings. The fraction of sp³-hybridized carbons (Fsp3) is 0.350. The second-order valence-corrected chi connectivity index (χ2v) is 6.42. The minimum atomic E-state index is -0.379. The van der Waals surface area contributed by atoms with Crippen molar-refractivity contribution >= 4 is 23.3 Å². The van der Waals surface area contributed by atoms with Crippen molar-refractivity contribution in [1.29, 1.82) is 0 Å². The summed E-state index contributed by atoms with van der Waals surface area (Å²) in [6.07, 6.45) is 1.60. The molecule has 1 N–H and O–H groups in total. The molecule has 1 saturated heterocycles. The average molecular weight is 368 g/mol. The van der Waals surface area contributed by atoms with E-state index < -0.39 is 0 Å². The Labute approximate surface area is 158 Å². The number of nitrogens with one attached hydrogen (secondary N) is 1. The van der Waals surface area contributed by atoms with Gasteiger partial charge in [-0.1, -0.05) is 12.1 Å². The molecule has 0 unspecified atom stereocenters. The molecule has 0 atom stereocenters. The minimum Gasteiger partial charge on any atom is -0.462 e. The number of nitrogens with zero attached hydrogens (tertiary/aromatic N) is 3. The topological polar surface area (TPSA) is 74.8 Å². The van der Waals surface area contributed by atoms with Crippen LogP contribution < -0.4 is 5.32 Å². The third-order valence-corrected chi connectivity index (χ3v) is 4.47.